The van der Waals surface area contributed by atoms with Gasteiger partial charge in [-0.3, -0.25) is 0 Å². The van der Waals surface area contributed by atoms with Crippen molar-refractivity contribution in [2.75, 3.05) is 0 Å². The largest absolute Gasteiger partial charge is 0.328 e. The topological polar surface area (TPSA) is 26.0 Å². The molecule has 1 atom stereocenters. The molecule has 0 bridgehead atoms. The summed E-state index contributed by atoms with van der Waals surface area (Å²) < 4.78 is 0. The minimum Gasteiger partial charge on any atom is -0.328 e. The average Bonchev–Trinajstić information content (AvgIpc) is 2.63. The van der Waals surface area contributed by atoms with Crippen molar-refractivity contribution in [3.8, 4) is 0 Å². The van der Waals surface area contributed by atoms with Crippen LogP contribution in [0.4, 0.5) is 0 Å². The predicted molar refractivity (Wildman–Crippen MR) is 63.3 cm³/mol. The van der Waals surface area contributed by atoms with Gasteiger partial charge in [-0.25, -0.2) is 0 Å². The van der Waals surface area contributed by atoms with E-state index in [4.69, 9.17) is 5.73 Å². The third-order valence-corrected chi connectivity index (χ3v) is 3.50. The summed E-state index contributed by atoms with van der Waals surface area (Å²) in [6, 6.07) is 0.407. The lowest BCUT2D eigenvalue weighted by Gasteiger charge is -2.08. The van der Waals surface area contributed by atoms with Crippen LogP contribution in [-0.4, -0.2) is 6.04 Å². The predicted octanol–water partition coefficient (Wildman–Crippen LogP) is 3.86. The van der Waals surface area contributed by atoms with Gasteiger partial charge in [-0.05, 0) is 19.3 Å². The molecule has 1 heteroatoms. The van der Waals surface area contributed by atoms with Crippen LogP contribution in [0.1, 0.15) is 71.1 Å². The summed E-state index contributed by atoms with van der Waals surface area (Å²) in [5.74, 6) is 1.09. The first kappa shape index (κ1) is 12.0. The van der Waals surface area contributed by atoms with Crippen molar-refractivity contribution in [1.29, 1.82) is 0 Å². The highest BCUT2D eigenvalue weighted by Crippen LogP contribution is 2.29. The quantitative estimate of drug-likeness (QED) is 0.616. The lowest BCUT2D eigenvalue weighted by atomic mass is 9.99. The van der Waals surface area contributed by atoms with E-state index in [1.807, 2.05) is 0 Å². The molecule has 1 rings (SSSR count). The van der Waals surface area contributed by atoms with Gasteiger partial charge in [0, 0.05) is 6.04 Å². The normalized spacial score (nSPS) is 20.1. The molecule has 0 aliphatic heterocycles. The van der Waals surface area contributed by atoms with E-state index in [1.54, 1.807) is 0 Å². The maximum Gasteiger partial charge on any atom is 0.00104 e. The van der Waals surface area contributed by atoms with Gasteiger partial charge < -0.3 is 5.73 Å². The highest BCUT2D eigenvalue weighted by molar-refractivity contribution is 4.67. The van der Waals surface area contributed by atoms with Crippen LogP contribution in [0.3, 0.4) is 0 Å². The molecule has 1 nitrogen and oxygen atoms in total. The van der Waals surface area contributed by atoms with Crippen molar-refractivity contribution in [2.24, 2.45) is 11.7 Å². The van der Waals surface area contributed by atoms with Gasteiger partial charge in [0.1, 0.15) is 0 Å². The molecule has 0 heterocycles. The maximum atomic E-state index is 5.71. The van der Waals surface area contributed by atoms with Gasteiger partial charge in [0.15, 0.2) is 0 Å². The molecule has 2 N–H and O–H groups in total. The van der Waals surface area contributed by atoms with Crippen molar-refractivity contribution >= 4 is 0 Å². The molecule has 0 aromatic heterocycles. The fourth-order valence-corrected chi connectivity index (χ4v) is 2.55. The van der Waals surface area contributed by atoms with Crippen LogP contribution in [0.2, 0.25) is 0 Å². The number of hydrogen-bond acceptors (Lipinski definition) is 1. The fourth-order valence-electron chi connectivity index (χ4n) is 2.55. The standard InChI is InChI=1S/C13H27N/c1-12(14)8-4-2-3-5-9-13-10-6-7-11-13/h12-13H,2-11,14H2,1H3. The van der Waals surface area contributed by atoms with Crippen LogP contribution in [0.15, 0.2) is 0 Å². The Bertz CT molecular complexity index is 125. The van der Waals surface area contributed by atoms with E-state index < -0.39 is 0 Å². The Morgan fingerprint density at radius 1 is 1.07 bits per heavy atom. The molecule has 1 saturated carbocycles. The van der Waals surface area contributed by atoms with Crippen molar-refractivity contribution in [2.45, 2.75) is 77.2 Å². The maximum absolute atomic E-state index is 5.71. The van der Waals surface area contributed by atoms with Gasteiger partial charge in [-0.2, -0.15) is 0 Å². The van der Waals surface area contributed by atoms with E-state index in [9.17, 15) is 0 Å². The zero-order chi connectivity index (χ0) is 10.2. The number of hydrogen-bond donors (Lipinski definition) is 1. The van der Waals surface area contributed by atoms with E-state index >= 15 is 0 Å². The number of nitrogens with two attached hydrogens (primary N) is 1. The Morgan fingerprint density at radius 2 is 1.71 bits per heavy atom. The third kappa shape index (κ3) is 5.64. The molecule has 0 saturated heterocycles. The van der Waals surface area contributed by atoms with Crippen LogP contribution in [0.25, 0.3) is 0 Å². The van der Waals surface area contributed by atoms with Crippen LogP contribution in [-0.2, 0) is 0 Å². The van der Waals surface area contributed by atoms with Crippen molar-refractivity contribution < 1.29 is 0 Å². The van der Waals surface area contributed by atoms with E-state index in [0.29, 0.717) is 6.04 Å². The smallest absolute Gasteiger partial charge is 0.00104 e. The van der Waals surface area contributed by atoms with Crippen LogP contribution in [0, 0.1) is 5.92 Å². The van der Waals surface area contributed by atoms with Gasteiger partial charge in [0.2, 0.25) is 0 Å². The summed E-state index contributed by atoms with van der Waals surface area (Å²) in [4.78, 5) is 0. The minimum absolute atomic E-state index is 0.407. The van der Waals surface area contributed by atoms with Crippen molar-refractivity contribution in [3.63, 3.8) is 0 Å². The fraction of sp³-hybridized carbons (Fsp3) is 1.00. The monoisotopic (exact) mass is 197 g/mol. The lowest BCUT2D eigenvalue weighted by Crippen LogP contribution is -2.13. The highest BCUT2D eigenvalue weighted by Gasteiger charge is 2.13. The Balaban J connectivity index is 1.79. The summed E-state index contributed by atoms with van der Waals surface area (Å²) in [7, 11) is 0. The number of unbranched alkanes of at least 4 members (excludes halogenated alkanes) is 3. The zero-order valence-corrected chi connectivity index (χ0v) is 9.80. The summed E-state index contributed by atoms with van der Waals surface area (Å²) in [5.41, 5.74) is 5.71. The molecule has 0 spiro atoms. The lowest BCUT2D eigenvalue weighted by molar-refractivity contribution is 0.459. The Kier molecular flexibility index (Phi) is 6.25. The summed E-state index contributed by atoms with van der Waals surface area (Å²) in [6.45, 7) is 2.11. The second kappa shape index (κ2) is 7.28. The summed E-state index contributed by atoms with van der Waals surface area (Å²) >= 11 is 0. The SMILES string of the molecule is CC(N)CCCCCCC1CCCC1. The molecule has 0 aromatic carbocycles. The molecular formula is C13H27N. The third-order valence-electron chi connectivity index (χ3n) is 3.50. The first-order valence-electron chi connectivity index (χ1n) is 6.54. The van der Waals surface area contributed by atoms with Crippen LogP contribution >= 0.6 is 0 Å². The van der Waals surface area contributed by atoms with Gasteiger partial charge in [-0.1, -0.05) is 57.8 Å². The molecule has 0 amide bonds. The zero-order valence-electron chi connectivity index (χ0n) is 9.80. The second-order valence-electron chi connectivity index (χ2n) is 5.12. The molecular weight excluding hydrogens is 170 g/mol. The van der Waals surface area contributed by atoms with Gasteiger partial charge in [0.25, 0.3) is 0 Å². The molecule has 1 fully saturated rings. The van der Waals surface area contributed by atoms with Crippen LogP contribution in [0.5, 0.6) is 0 Å². The molecule has 14 heavy (non-hydrogen) atoms. The van der Waals surface area contributed by atoms with E-state index in [-0.39, 0.29) is 0 Å². The average molecular weight is 197 g/mol. The van der Waals surface area contributed by atoms with Gasteiger partial charge in [0.05, 0.1) is 0 Å². The Hall–Kier alpha value is -0.0400. The minimum atomic E-state index is 0.407. The number of rotatable bonds is 7. The summed E-state index contributed by atoms with van der Waals surface area (Å²) in [6.07, 6.45) is 14.4. The molecule has 1 unspecified atom stereocenters. The summed E-state index contributed by atoms with van der Waals surface area (Å²) in [5, 5.41) is 0. The van der Waals surface area contributed by atoms with E-state index in [1.165, 1.54) is 64.2 Å². The highest BCUT2D eigenvalue weighted by atomic mass is 14.6. The van der Waals surface area contributed by atoms with Gasteiger partial charge in [-0.15, -0.1) is 0 Å². The van der Waals surface area contributed by atoms with Crippen molar-refractivity contribution in [3.05, 3.63) is 0 Å². The van der Waals surface area contributed by atoms with Gasteiger partial charge >= 0.3 is 0 Å². The molecule has 84 valence electrons. The Morgan fingerprint density at radius 3 is 2.36 bits per heavy atom. The molecule has 1 aliphatic rings. The second-order valence-corrected chi connectivity index (χ2v) is 5.12. The molecule has 0 aromatic rings. The first-order valence-corrected chi connectivity index (χ1v) is 6.54. The Labute approximate surface area is 89.5 Å². The van der Waals surface area contributed by atoms with Crippen LogP contribution < -0.4 is 5.73 Å². The molecule has 1 aliphatic carbocycles. The van der Waals surface area contributed by atoms with E-state index in [2.05, 4.69) is 6.92 Å². The van der Waals surface area contributed by atoms with Crippen molar-refractivity contribution in [1.82, 2.24) is 0 Å². The first-order chi connectivity index (χ1) is 6.79. The molecule has 0 radical (unpaired) electrons. The van der Waals surface area contributed by atoms with E-state index in [0.717, 1.165) is 5.92 Å².